The Balaban J connectivity index is 2.04. The summed E-state index contributed by atoms with van der Waals surface area (Å²) in [6, 6.07) is 11.4. The second-order valence-corrected chi connectivity index (χ2v) is 5.93. The van der Waals surface area contributed by atoms with Gasteiger partial charge in [-0.25, -0.2) is 4.79 Å². The van der Waals surface area contributed by atoms with Crippen molar-refractivity contribution in [1.82, 2.24) is 0 Å². The molecule has 1 atom stereocenters. The molecule has 2 rings (SSSR count). The summed E-state index contributed by atoms with van der Waals surface area (Å²) in [6.45, 7) is 3.70. The van der Waals surface area contributed by atoms with Gasteiger partial charge in [-0.1, -0.05) is 35.3 Å². The minimum Gasteiger partial charge on any atom is -0.493 e. The van der Waals surface area contributed by atoms with E-state index in [1.165, 1.54) is 13.0 Å². The summed E-state index contributed by atoms with van der Waals surface area (Å²) in [5.41, 5.74) is 0.641. The van der Waals surface area contributed by atoms with Gasteiger partial charge in [-0.3, -0.25) is 4.79 Å². The van der Waals surface area contributed by atoms with E-state index in [9.17, 15) is 9.59 Å². The number of rotatable bonds is 6. The Morgan fingerprint density at radius 2 is 1.88 bits per heavy atom. The van der Waals surface area contributed by atoms with Crippen molar-refractivity contribution in [2.75, 3.05) is 11.9 Å². The molecule has 0 saturated heterocycles. The molecule has 0 unspecified atom stereocenters. The fraction of sp³-hybridized carbons (Fsp3) is 0.222. The Labute approximate surface area is 155 Å². The molecule has 5 nitrogen and oxygen atoms in total. The van der Waals surface area contributed by atoms with Crippen molar-refractivity contribution in [2.45, 2.75) is 20.0 Å². The molecule has 2 aromatic rings. The van der Waals surface area contributed by atoms with Gasteiger partial charge in [-0.2, -0.15) is 0 Å². The molecule has 0 saturated carbocycles. The highest BCUT2D eigenvalue weighted by molar-refractivity contribution is 6.36. The Morgan fingerprint density at radius 3 is 2.56 bits per heavy atom. The van der Waals surface area contributed by atoms with E-state index < -0.39 is 18.0 Å². The number of anilines is 1. The van der Waals surface area contributed by atoms with Crippen LogP contribution in [-0.2, 0) is 9.53 Å². The number of carbonyl (C=O) groups is 2. The van der Waals surface area contributed by atoms with E-state index in [4.69, 9.17) is 32.7 Å². The fourth-order valence-electron chi connectivity index (χ4n) is 2.02. The van der Waals surface area contributed by atoms with Crippen LogP contribution in [0, 0.1) is 0 Å². The standard InChI is InChI=1S/C18H17Cl2NO4/c1-3-24-16-7-5-4-6-13(16)18(23)25-11(2)17(22)21-15-9-8-12(19)10-14(15)20/h4-11H,3H2,1-2H3,(H,21,22)/t11-/m1/s1. The van der Waals surface area contributed by atoms with E-state index in [0.29, 0.717) is 28.1 Å². The Bertz CT molecular complexity index is 779. The van der Waals surface area contributed by atoms with Crippen LogP contribution in [0.1, 0.15) is 24.2 Å². The van der Waals surface area contributed by atoms with Crippen LogP contribution in [-0.4, -0.2) is 24.6 Å². The first-order chi connectivity index (χ1) is 11.9. The Kier molecular flexibility index (Phi) is 6.67. The second-order valence-electron chi connectivity index (χ2n) is 5.09. The van der Waals surface area contributed by atoms with Crippen LogP contribution in [0.3, 0.4) is 0 Å². The minimum absolute atomic E-state index is 0.258. The van der Waals surface area contributed by atoms with Gasteiger partial charge in [0.25, 0.3) is 5.91 Å². The van der Waals surface area contributed by atoms with E-state index in [-0.39, 0.29) is 5.56 Å². The molecular formula is C18H17Cl2NO4. The summed E-state index contributed by atoms with van der Waals surface area (Å²) in [5.74, 6) is -0.747. The number of para-hydroxylation sites is 1. The molecular weight excluding hydrogens is 365 g/mol. The molecule has 132 valence electrons. The van der Waals surface area contributed by atoms with Gasteiger partial charge in [0, 0.05) is 5.02 Å². The molecule has 0 bridgehead atoms. The predicted octanol–water partition coefficient (Wildman–Crippen LogP) is 4.58. The summed E-state index contributed by atoms with van der Waals surface area (Å²) < 4.78 is 10.6. The maximum atomic E-state index is 12.3. The fourth-order valence-corrected chi connectivity index (χ4v) is 2.48. The third kappa shape index (κ3) is 5.11. The third-order valence-corrected chi connectivity index (χ3v) is 3.80. The van der Waals surface area contributed by atoms with Crippen LogP contribution in [0.15, 0.2) is 42.5 Å². The number of halogens is 2. The smallest absolute Gasteiger partial charge is 0.342 e. The zero-order valence-electron chi connectivity index (χ0n) is 13.7. The topological polar surface area (TPSA) is 64.6 Å². The van der Waals surface area contributed by atoms with E-state index in [1.54, 1.807) is 36.4 Å². The lowest BCUT2D eigenvalue weighted by molar-refractivity contribution is -0.123. The number of ether oxygens (including phenoxy) is 2. The number of benzene rings is 2. The average molecular weight is 382 g/mol. The Morgan fingerprint density at radius 1 is 1.16 bits per heavy atom. The van der Waals surface area contributed by atoms with Gasteiger partial charge in [0.2, 0.25) is 0 Å². The minimum atomic E-state index is -1.02. The van der Waals surface area contributed by atoms with Gasteiger partial charge in [0.1, 0.15) is 11.3 Å². The lowest BCUT2D eigenvalue weighted by Crippen LogP contribution is -2.30. The maximum Gasteiger partial charge on any atom is 0.342 e. The third-order valence-electron chi connectivity index (χ3n) is 3.25. The molecule has 0 aliphatic rings. The monoisotopic (exact) mass is 381 g/mol. The van der Waals surface area contributed by atoms with Crippen molar-refractivity contribution < 1.29 is 19.1 Å². The van der Waals surface area contributed by atoms with E-state index in [2.05, 4.69) is 5.32 Å². The van der Waals surface area contributed by atoms with Gasteiger partial charge in [-0.05, 0) is 44.2 Å². The summed E-state index contributed by atoms with van der Waals surface area (Å²) in [5, 5.41) is 3.34. The lowest BCUT2D eigenvalue weighted by Gasteiger charge is -2.15. The first kappa shape index (κ1) is 19.1. The SMILES string of the molecule is CCOc1ccccc1C(=O)O[C@H](C)C(=O)Nc1ccc(Cl)cc1Cl. The summed E-state index contributed by atoms with van der Waals surface area (Å²) in [7, 11) is 0. The average Bonchev–Trinajstić information content (AvgIpc) is 2.58. The van der Waals surface area contributed by atoms with Gasteiger partial charge in [0.05, 0.1) is 17.3 Å². The highest BCUT2D eigenvalue weighted by Gasteiger charge is 2.22. The lowest BCUT2D eigenvalue weighted by atomic mass is 10.2. The number of esters is 1. The molecule has 0 radical (unpaired) electrons. The van der Waals surface area contributed by atoms with Crippen molar-refractivity contribution in [1.29, 1.82) is 0 Å². The molecule has 1 N–H and O–H groups in total. The van der Waals surface area contributed by atoms with Crippen LogP contribution in [0.25, 0.3) is 0 Å². The summed E-state index contributed by atoms with van der Waals surface area (Å²) >= 11 is 11.8. The molecule has 25 heavy (non-hydrogen) atoms. The number of carbonyl (C=O) groups excluding carboxylic acids is 2. The second kappa shape index (κ2) is 8.74. The van der Waals surface area contributed by atoms with Gasteiger partial charge < -0.3 is 14.8 Å². The van der Waals surface area contributed by atoms with Crippen LogP contribution in [0.5, 0.6) is 5.75 Å². The molecule has 0 aromatic heterocycles. The molecule has 2 aromatic carbocycles. The normalized spacial score (nSPS) is 11.5. The van der Waals surface area contributed by atoms with Crippen molar-refractivity contribution in [3.8, 4) is 5.75 Å². The zero-order chi connectivity index (χ0) is 18.4. The Hall–Kier alpha value is -2.24. The molecule has 0 aliphatic heterocycles. The van der Waals surface area contributed by atoms with Gasteiger partial charge in [0.15, 0.2) is 6.10 Å². The summed E-state index contributed by atoms with van der Waals surface area (Å²) in [4.78, 5) is 24.5. The van der Waals surface area contributed by atoms with Crippen LogP contribution >= 0.6 is 23.2 Å². The number of amides is 1. The number of nitrogens with one attached hydrogen (secondary N) is 1. The van der Waals surface area contributed by atoms with Gasteiger partial charge in [-0.15, -0.1) is 0 Å². The molecule has 0 aliphatic carbocycles. The van der Waals surface area contributed by atoms with Crippen LogP contribution in [0.2, 0.25) is 10.0 Å². The molecule has 1 amide bonds. The number of hydrogen-bond acceptors (Lipinski definition) is 4. The highest BCUT2D eigenvalue weighted by atomic mass is 35.5. The largest absolute Gasteiger partial charge is 0.493 e. The number of hydrogen-bond donors (Lipinski definition) is 1. The zero-order valence-corrected chi connectivity index (χ0v) is 15.2. The van der Waals surface area contributed by atoms with Crippen molar-refractivity contribution in [2.24, 2.45) is 0 Å². The van der Waals surface area contributed by atoms with Crippen LogP contribution < -0.4 is 10.1 Å². The van der Waals surface area contributed by atoms with E-state index >= 15 is 0 Å². The van der Waals surface area contributed by atoms with Gasteiger partial charge >= 0.3 is 5.97 Å². The first-order valence-electron chi connectivity index (χ1n) is 7.61. The molecule has 0 fully saturated rings. The van der Waals surface area contributed by atoms with E-state index in [0.717, 1.165) is 0 Å². The van der Waals surface area contributed by atoms with Crippen molar-refractivity contribution in [3.05, 3.63) is 58.1 Å². The summed E-state index contributed by atoms with van der Waals surface area (Å²) in [6.07, 6.45) is -1.02. The quantitative estimate of drug-likeness (QED) is 0.743. The maximum absolute atomic E-state index is 12.3. The van der Waals surface area contributed by atoms with E-state index in [1.807, 2.05) is 6.92 Å². The molecule has 0 heterocycles. The first-order valence-corrected chi connectivity index (χ1v) is 8.36. The predicted molar refractivity (Wildman–Crippen MR) is 97.6 cm³/mol. The molecule has 0 spiro atoms. The highest BCUT2D eigenvalue weighted by Crippen LogP contribution is 2.26. The van der Waals surface area contributed by atoms with Crippen LogP contribution in [0.4, 0.5) is 5.69 Å². The van der Waals surface area contributed by atoms with Crippen molar-refractivity contribution >= 4 is 40.8 Å². The molecule has 7 heteroatoms. The van der Waals surface area contributed by atoms with Crippen molar-refractivity contribution in [3.63, 3.8) is 0 Å².